The van der Waals surface area contributed by atoms with Crippen LogP contribution in [0.1, 0.15) is 26.7 Å². The van der Waals surface area contributed by atoms with Crippen LogP contribution in [-0.4, -0.2) is 17.9 Å². The van der Waals surface area contributed by atoms with Crippen molar-refractivity contribution in [1.29, 1.82) is 10.5 Å². The second kappa shape index (κ2) is 7.70. The third-order valence-electron chi connectivity index (χ3n) is 7.07. The normalized spacial score (nSPS) is 21.9. The lowest BCUT2D eigenvalue weighted by molar-refractivity contribution is 0.0951. The van der Waals surface area contributed by atoms with Crippen molar-refractivity contribution in [3.63, 3.8) is 0 Å². The van der Waals surface area contributed by atoms with Gasteiger partial charge in [0.1, 0.15) is 6.04 Å². The second-order valence-electron chi connectivity index (χ2n) is 8.70. The summed E-state index contributed by atoms with van der Waals surface area (Å²) in [6, 6.07) is 28.8. The van der Waals surface area contributed by atoms with Crippen molar-refractivity contribution in [3.8, 4) is 12.1 Å². The van der Waals surface area contributed by atoms with E-state index in [1.807, 2.05) is 90.3 Å². The first kappa shape index (κ1) is 20.4. The Morgan fingerprint density at radius 2 is 1.68 bits per heavy atom. The average Bonchev–Trinajstić information content (AvgIpc) is 3.53. The van der Waals surface area contributed by atoms with Crippen molar-refractivity contribution in [2.45, 2.75) is 18.0 Å². The fraction of sp³-hybridized carbons (Fsp3) is 0.138. The van der Waals surface area contributed by atoms with Crippen molar-refractivity contribution in [1.82, 2.24) is 0 Å². The molecule has 6 rings (SSSR count). The Balaban J connectivity index is 1.68. The number of hydrogen-bond acceptors (Lipinski definition) is 5. The van der Waals surface area contributed by atoms with Gasteiger partial charge in [-0.1, -0.05) is 84.9 Å². The molecule has 0 bridgehead atoms. The highest BCUT2D eigenvalue weighted by Gasteiger charge is 2.63. The Kier molecular flexibility index (Phi) is 4.62. The van der Waals surface area contributed by atoms with Crippen LogP contribution in [0.5, 0.6) is 0 Å². The summed E-state index contributed by atoms with van der Waals surface area (Å²) in [4.78, 5) is 17.1. The number of carbonyl (C=O) groups excluding carboxylic acids is 1. The number of rotatable bonds is 3. The molecule has 0 amide bonds. The summed E-state index contributed by atoms with van der Waals surface area (Å²) in [7, 11) is 0. The molecule has 4 nitrogen and oxygen atoms in total. The average molecular weight is 458 g/mol. The van der Waals surface area contributed by atoms with E-state index in [2.05, 4.69) is 23.1 Å². The third kappa shape index (κ3) is 2.71. The van der Waals surface area contributed by atoms with Gasteiger partial charge >= 0.3 is 0 Å². The molecule has 1 aromatic heterocycles. The van der Waals surface area contributed by atoms with Gasteiger partial charge in [-0.15, -0.1) is 11.3 Å². The van der Waals surface area contributed by atoms with Gasteiger partial charge in [-0.3, -0.25) is 4.79 Å². The SMILES string of the molecule is N#CC1(C#N)C(c2cccs2)C(C(=O)c2ccccc2)N2c3c(ccc4ccccc34)C=CC21. The van der Waals surface area contributed by atoms with Crippen LogP contribution in [0.2, 0.25) is 0 Å². The zero-order valence-electron chi connectivity index (χ0n) is 18.1. The Labute approximate surface area is 201 Å². The largest absolute Gasteiger partial charge is 0.350 e. The lowest BCUT2D eigenvalue weighted by Crippen LogP contribution is -2.44. The van der Waals surface area contributed by atoms with Crippen LogP contribution in [0.25, 0.3) is 16.8 Å². The first-order chi connectivity index (χ1) is 16.7. The van der Waals surface area contributed by atoms with Gasteiger partial charge < -0.3 is 4.90 Å². The molecule has 162 valence electrons. The second-order valence-corrected chi connectivity index (χ2v) is 9.68. The smallest absolute Gasteiger partial charge is 0.185 e. The summed E-state index contributed by atoms with van der Waals surface area (Å²) in [6.07, 6.45) is 3.93. The molecule has 0 radical (unpaired) electrons. The lowest BCUT2D eigenvalue weighted by atomic mass is 9.71. The number of hydrogen-bond donors (Lipinski definition) is 0. The minimum absolute atomic E-state index is 0.0782. The molecule has 1 saturated heterocycles. The molecule has 3 heterocycles. The molecule has 2 aliphatic heterocycles. The van der Waals surface area contributed by atoms with E-state index in [1.165, 1.54) is 11.3 Å². The molecule has 3 atom stereocenters. The molecule has 0 saturated carbocycles. The van der Waals surface area contributed by atoms with E-state index in [4.69, 9.17) is 0 Å². The van der Waals surface area contributed by atoms with Crippen molar-refractivity contribution >= 4 is 39.7 Å². The van der Waals surface area contributed by atoms with Gasteiger partial charge in [0.2, 0.25) is 0 Å². The van der Waals surface area contributed by atoms with Gasteiger partial charge in [0, 0.05) is 15.8 Å². The summed E-state index contributed by atoms with van der Waals surface area (Å²) in [5, 5.41) is 25.0. The zero-order valence-corrected chi connectivity index (χ0v) is 18.9. The van der Waals surface area contributed by atoms with Crippen molar-refractivity contribution in [3.05, 3.63) is 106 Å². The molecule has 3 aromatic carbocycles. The van der Waals surface area contributed by atoms with Crippen LogP contribution in [0, 0.1) is 28.1 Å². The Morgan fingerprint density at radius 3 is 2.41 bits per heavy atom. The van der Waals surface area contributed by atoms with E-state index in [-0.39, 0.29) is 5.78 Å². The van der Waals surface area contributed by atoms with Gasteiger partial charge in [0.05, 0.1) is 29.8 Å². The summed E-state index contributed by atoms with van der Waals surface area (Å²) >= 11 is 1.49. The van der Waals surface area contributed by atoms with Crippen LogP contribution in [0.4, 0.5) is 5.69 Å². The van der Waals surface area contributed by atoms with Gasteiger partial charge in [-0.05, 0) is 22.4 Å². The predicted molar refractivity (Wildman–Crippen MR) is 135 cm³/mol. The summed E-state index contributed by atoms with van der Waals surface area (Å²) in [6.45, 7) is 0. The van der Waals surface area contributed by atoms with E-state index in [9.17, 15) is 15.3 Å². The number of carbonyl (C=O) groups is 1. The molecule has 4 aromatic rings. The van der Waals surface area contributed by atoms with Crippen LogP contribution in [-0.2, 0) is 0 Å². The van der Waals surface area contributed by atoms with Crippen LogP contribution in [0.15, 0.2) is 90.3 Å². The van der Waals surface area contributed by atoms with E-state index in [0.29, 0.717) is 5.56 Å². The topological polar surface area (TPSA) is 67.9 Å². The van der Waals surface area contributed by atoms with Crippen LogP contribution >= 0.6 is 11.3 Å². The van der Waals surface area contributed by atoms with Gasteiger partial charge in [-0.25, -0.2) is 0 Å². The van der Waals surface area contributed by atoms with E-state index < -0.39 is 23.4 Å². The fourth-order valence-corrected chi connectivity index (χ4v) is 6.53. The lowest BCUT2D eigenvalue weighted by Gasteiger charge is -2.36. The fourth-order valence-electron chi connectivity index (χ4n) is 5.59. The van der Waals surface area contributed by atoms with Crippen molar-refractivity contribution in [2.75, 3.05) is 4.90 Å². The Morgan fingerprint density at radius 1 is 0.912 bits per heavy atom. The highest BCUT2D eigenvalue weighted by Crippen LogP contribution is 2.57. The number of benzene rings is 3. The summed E-state index contributed by atoms with van der Waals surface area (Å²) < 4.78 is 0. The maximum atomic E-state index is 14.2. The first-order valence-electron chi connectivity index (χ1n) is 11.1. The standard InChI is InChI=1S/C29H19N3OS/c30-17-29(18-31)24-15-14-20-13-12-19-7-4-5-10-22(19)26(20)32(24)27(25(29)23-11-6-16-34-23)28(33)21-8-2-1-3-9-21/h1-16,24-25,27H. The van der Waals surface area contributed by atoms with Gasteiger partial charge in [0.15, 0.2) is 11.2 Å². The molecule has 1 fully saturated rings. The molecule has 2 aliphatic rings. The number of Topliss-reactive ketones (excluding diaryl/α,β-unsaturated/α-hetero) is 1. The molecule has 0 N–H and O–H groups in total. The van der Waals surface area contributed by atoms with Crippen molar-refractivity contribution < 1.29 is 4.79 Å². The zero-order chi connectivity index (χ0) is 23.3. The minimum atomic E-state index is -1.41. The molecule has 34 heavy (non-hydrogen) atoms. The molecule has 3 unspecified atom stereocenters. The maximum absolute atomic E-state index is 14.2. The first-order valence-corrected chi connectivity index (χ1v) is 12.0. The number of nitriles is 2. The number of ketones is 1. The Hall–Kier alpha value is -4.19. The van der Waals surface area contributed by atoms with E-state index in [1.54, 1.807) is 0 Å². The number of anilines is 1. The molecule has 0 spiro atoms. The summed E-state index contributed by atoms with van der Waals surface area (Å²) in [5.74, 6) is -0.666. The minimum Gasteiger partial charge on any atom is -0.350 e. The molecular formula is C29H19N3OS. The quantitative estimate of drug-likeness (QED) is 0.344. The third-order valence-corrected chi connectivity index (χ3v) is 8.02. The van der Waals surface area contributed by atoms with Crippen molar-refractivity contribution in [2.24, 2.45) is 5.41 Å². The maximum Gasteiger partial charge on any atom is 0.185 e. The molecule has 5 heteroatoms. The molecule has 0 aliphatic carbocycles. The van der Waals surface area contributed by atoms with Gasteiger partial charge in [-0.2, -0.15) is 10.5 Å². The summed E-state index contributed by atoms with van der Waals surface area (Å²) in [5.41, 5.74) is 1.06. The Bertz CT molecular complexity index is 1510. The highest BCUT2D eigenvalue weighted by atomic mass is 32.1. The number of fused-ring (bicyclic) bond motifs is 5. The number of nitrogens with zero attached hydrogens (tertiary/aromatic N) is 3. The van der Waals surface area contributed by atoms with Crippen LogP contribution < -0.4 is 4.90 Å². The molecular weight excluding hydrogens is 438 g/mol. The van der Waals surface area contributed by atoms with Gasteiger partial charge in [0.25, 0.3) is 0 Å². The highest BCUT2D eigenvalue weighted by molar-refractivity contribution is 7.10. The monoisotopic (exact) mass is 457 g/mol. The predicted octanol–water partition coefficient (Wildman–Crippen LogP) is 6.19. The van der Waals surface area contributed by atoms with E-state index in [0.717, 1.165) is 26.9 Å². The van der Waals surface area contributed by atoms with Crippen LogP contribution in [0.3, 0.4) is 0 Å². The number of thiophene rings is 1. The van der Waals surface area contributed by atoms with E-state index >= 15 is 0 Å².